The molecule has 1 aliphatic carbocycles. The van der Waals surface area contributed by atoms with Crippen molar-refractivity contribution in [1.29, 1.82) is 0 Å². The summed E-state index contributed by atoms with van der Waals surface area (Å²) >= 11 is 0. The number of esters is 1. The van der Waals surface area contributed by atoms with Crippen molar-refractivity contribution in [2.75, 3.05) is 0 Å². The predicted molar refractivity (Wildman–Crippen MR) is 84.6 cm³/mol. The van der Waals surface area contributed by atoms with Gasteiger partial charge in [0, 0.05) is 0 Å². The molecule has 1 unspecified atom stereocenters. The second kappa shape index (κ2) is 6.07. The van der Waals surface area contributed by atoms with E-state index >= 15 is 0 Å². The van der Waals surface area contributed by atoms with Gasteiger partial charge in [0.25, 0.3) is 0 Å². The first kappa shape index (κ1) is 17.5. The summed E-state index contributed by atoms with van der Waals surface area (Å²) in [5.74, 6) is 0.494. The second-order valence-electron chi connectivity index (χ2n) is 8.58. The second-order valence-corrected chi connectivity index (χ2v) is 8.58. The topological polar surface area (TPSA) is 26.3 Å². The van der Waals surface area contributed by atoms with Gasteiger partial charge in [-0.25, -0.2) is 0 Å². The summed E-state index contributed by atoms with van der Waals surface area (Å²) in [4.78, 5) is 12.9. The Balaban J connectivity index is 2.88. The van der Waals surface area contributed by atoms with Crippen LogP contribution in [0.15, 0.2) is 0 Å². The molecular weight excluding hydrogens is 248 g/mol. The van der Waals surface area contributed by atoms with Gasteiger partial charge >= 0.3 is 5.97 Å². The maximum atomic E-state index is 12.9. The Morgan fingerprint density at radius 1 is 1.10 bits per heavy atom. The molecule has 1 rings (SSSR count). The van der Waals surface area contributed by atoms with Gasteiger partial charge in [0.15, 0.2) is 0 Å². The summed E-state index contributed by atoms with van der Waals surface area (Å²) in [6, 6.07) is 0. The number of rotatable bonds is 4. The van der Waals surface area contributed by atoms with Gasteiger partial charge < -0.3 is 4.74 Å². The molecule has 0 aromatic rings. The lowest BCUT2D eigenvalue weighted by Crippen LogP contribution is -2.47. The van der Waals surface area contributed by atoms with Crippen molar-refractivity contribution >= 4 is 5.97 Å². The average molecular weight is 282 g/mol. The van der Waals surface area contributed by atoms with E-state index in [0.717, 1.165) is 19.3 Å². The van der Waals surface area contributed by atoms with Gasteiger partial charge in [-0.3, -0.25) is 4.79 Å². The van der Waals surface area contributed by atoms with Gasteiger partial charge in [-0.15, -0.1) is 0 Å². The van der Waals surface area contributed by atoms with Crippen LogP contribution < -0.4 is 0 Å². The minimum absolute atomic E-state index is 0.00287. The van der Waals surface area contributed by atoms with Crippen molar-refractivity contribution in [3.63, 3.8) is 0 Å². The standard InChI is InChI=1S/C18H34O2/c1-14(2)13-18(7,16(3,4)5)15(19)20-17(6)11-9-8-10-12-17/h14H,8-13H2,1-7H3. The van der Waals surface area contributed by atoms with E-state index in [0.29, 0.717) is 5.92 Å². The Bertz CT molecular complexity index is 332. The fraction of sp³-hybridized carbons (Fsp3) is 0.944. The zero-order valence-electron chi connectivity index (χ0n) is 14.6. The third-order valence-electron chi connectivity index (χ3n) is 5.17. The molecule has 0 heterocycles. The van der Waals surface area contributed by atoms with Gasteiger partial charge in [-0.1, -0.05) is 41.0 Å². The van der Waals surface area contributed by atoms with E-state index in [1.54, 1.807) is 0 Å². The van der Waals surface area contributed by atoms with Crippen LogP contribution in [-0.4, -0.2) is 11.6 Å². The summed E-state index contributed by atoms with van der Waals surface area (Å²) in [5, 5.41) is 0. The van der Waals surface area contributed by atoms with Crippen molar-refractivity contribution in [2.45, 2.75) is 92.6 Å². The Morgan fingerprint density at radius 3 is 2.00 bits per heavy atom. The van der Waals surface area contributed by atoms with Crippen molar-refractivity contribution in [1.82, 2.24) is 0 Å². The van der Waals surface area contributed by atoms with Crippen LogP contribution in [0.25, 0.3) is 0 Å². The summed E-state index contributed by atoms with van der Waals surface area (Å²) in [5.41, 5.74) is -0.736. The van der Waals surface area contributed by atoms with Crippen LogP contribution in [0.3, 0.4) is 0 Å². The minimum Gasteiger partial charge on any atom is -0.459 e. The molecule has 1 aliphatic rings. The van der Waals surface area contributed by atoms with Crippen LogP contribution >= 0.6 is 0 Å². The predicted octanol–water partition coefficient (Wildman–Crippen LogP) is 5.35. The molecule has 0 bridgehead atoms. The molecule has 0 aliphatic heterocycles. The van der Waals surface area contributed by atoms with Gasteiger partial charge in [0.05, 0.1) is 5.41 Å². The molecule has 0 N–H and O–H groups in total. The first-order chi connectivity index (χ1) is 9.00. The van der Waals surface area contributed by atoms with E-state index in [-0.39, 0.29) is 17.0 Å². The largest absolute Gasteiger partial charge is 0.459 e. The average Bonchev–Trinajstić information content (AvgIpc) is 2.26. The van der Waals surface area contributed by atoms with Crippen molar-refractivity contribution in [3.8, 4) is 0 Å². The summed E-state index contributed by atoms with van der Waals surface area (Å²) < 4.78 is 6.03. The molecule has 1 saturated carbocycles. The Hall–Kier alpha value is -0.530. The van der Waals surface area contributed by atoms with Crippen LogP contribution in [0.5, 0.6) is 0 Å². The molecule has 2 nitrogen and oxygen atoms in total. The van der Waals surface area contributed by atoms with E-state index in [1.807, 2.05) is 0 Å². The van der Waals surface area contributed by atoms with Crippen LogP contribution in [0.2, 0.25) is 0 Å². The van der Waals surface area contributed by atoms with Crippen molar-refractivity contribution < 1.29 is 9.53 Å². The van der Waals surface area contributed by atoms with Crippen LogP contribution in [-0.2, 0) is 9.53 Å². The van der Waals surface area contributed by atoms with E-state index in [4.69, 9.17) is 4.74 Å². The van der Waals surface area contributed by atoms with Crippen molar-refractivity contribution in [2.24, 2.45) is 16.7 Å². The lowest BCUT2D eigenvalue weighted by Gasteiger charge is -2.44. The SMILES string of the molecule is CC(C)CC(C)(C(=O)OC1(C)CCCCC1)C(C)(C)C. The van der Waals surface area contributed by atoms with Gasteiger partial charge in [0.1, 0.15) is 5.60 Å². The lowest BCUT2D eigenvalue weighted by molar-refractivity contribution is -0.181. The highest BCUT2D eigenvalue weighted by atomic mass is 16.6. The normalized spacial score (nSPS) is 22.4. The quantitative estimate of drug-likeness (QED) is 0.650. The summed E-state index contributed by atoms with van der Waals surface area (Å²) in [7, 11) is 0. The molecule has 0 aromatic heterocycles. The Morgan fingerprint density at radius 2 is 1.60 bits per heavy atom. The zero-order chi connectivity index (χ0) is 15.6. The van der Waals surface area contributed by atoms with Gasteiger partial charge in [-0.05, 0) is 57.3 Å². The maximum absolute atomic E-state index is 12.9. The summed E-state index contributed by atoms with van der Waals surface area (Å²) in [6.45, 7) is 15.0. The van der Waals surface area contributed by atoms with E-state index in [1.165, 1.54) is 19.3 Å². The molecule has 0 aromatic carbocycles. The van der Waals surface area contributed by atoms with Crippen LogP contribution in [0, 0.1) is 16.7 Å². The summed E-state index contributed by atoms with van der Waals surface area (Å²) in [6.07, 6.45) is 6.54. The molecule has 1 fully saturated rings. The molecule has 118 valence electrons. The highest BCUT2D eigenvalue weighted by Crippen LogP contribution is 2.46. The van der Waals surface area contributed by atoms with E-state index in [2.05, 4.69) is 48.5 Å². The number of ether oxygens (including phenoxy) is 1. The first-order valence-corrected chi connectivity index (χ1v) is 8.24. The maximum Gasteiger partial charge on any atom is 0.312 e. The lowest BCUT2D eigenvalue weighted by atomic mass is 9.64. The molecule has 0 saturated heterocycles. The zero-order valence-corrected chi connectivity index (χ0v) is 14.6. The smallest absolute Gasteiger partial charge is 0.312 e. The number of carbonyl (C=O) groups excluding carboxylic acids is 1. The molecule has 0 amide bonds. The van der Waals surface area contributed by atoms with E-state index in [9.17, 15) is 4.79 Å². The molecule has 2 heteroatoms. The van der Waals surface area contributed by atoms with E-state index < -0.39 is 5.41 Å². The third-order valence-corrected chi connectivity index (χ3v) is 5.17. The monoisotopic (exact) mass is 282 g/mol. The van der Waals surface area contributed by atoms with Crippen LogP contribution in [0.4, 0.5) is 0 Å². The molecule has 1 atom stereocenters. The molecule has 0 spiro atoms. The minimum atomic E-state index is -0.415. The number of hydrogen-bond acceptors (Lipinski definition) is 2. The van der Waals surface area contributed by atoms with Crippen molar-refractivity contribution in [3.05, 3.63) is 0 Å². The fourth-order valence-electron chi connectivity index (χ4n) is 3.25. The fourth-order valence-corrected chi connectivity index (χ4v) is 3.25. The van der Waals surface area contributed by atoms with Gasteiger partial charge in [-0.2, -0.15) is 0 Å². The molecule has 20 heavy (non-hydrogen) atoms. The van der Waals surface area contributed by atoms with Crippen LogP contribution in [0.1, 0.15) is 87.0 Å². The Labute approximate surface area is 125 Å². The molecule has 0 radical (unpaired) electrons. The molecular formula is C18H34O2. The Kier molecular flexibility index (Phi) is 5.32. The highest BCUT2D eigenvalue weighted by Gasteiger charge is 2.48. The third kappa shape index (κ3) is 3.99. The number of hydrogen-bond donors (Lipinski definition) is 0. The number of carbonyl (C=O) groups is 1. The highest BCUT2D eigenvalue weighted by molar-refractivity contribution is 5.77. The van der Waals surface area contributed by atoms with Gasteiger partial charge in [0.2, 0.25) is 0 Å². The first-order valence-electron chi connectivity index (χ1n) is 8.24.